The summed E-state index contributed by atoms with van der Waals surface area (Å²) in [5.74, 6) is -4.34. The van der Waals surface area contributed by atoms with Crippen molar-refractivity contribution in [1.29, 1.82) is 0 Å². The molecule has 0 heterocycles. The Kier molecular flexibility index (Phi) is 5.57. The molecule has 0 saturated heterocycles. The molecule has 7 heteroatoms. The number of ether oxygens (including phenoxy) is 1. The number of carbonyl (C=O) groups excluding carboxylic acids is 1. The van der Waals surface area contributed by atoms with Gasteiger partial charge < -0.3 is 15.2 Å². The molecule has 1 aromatic rings. The lowest BCUT2D eigenvalue weighted by Crippen LogP contribution is -2.18. The summed E-state index contributed by atoms with van der Waals surface area (Å²) in [7, 11) is 1.49. The van der Waals surface area contributed by atoms with Crippen LogP contribution in [0.1, 0.15) is 23.7 Å². The molecule has 1 aromatic carbocycles. The number of hydrogen-bond acceptors (Lipinski definition) is 3. The Labute approximate surface area is 114 Å². The molecule has 0 radical (unpaired) electrons. The first-order valence-corrected chi connectivity index (χ1v) is 5.86. The normalized spacial score (nSPS) is 12.0. The fourth-order valence-electron chi connectivity index (χ4n) is 1.67. The van der Waals surface area contributed by atoms with Crippen LogP contribution in [0.15, 0.2) is 12.1 Å². The van der Waals surface area contributed by atoms with Crippen molar-refractivity contribution < 1.29 is 28.2 Å². The molecule has 1 unspecified atom stereocenters. The maximum atomic E-state index is 13.5. The third-order valence-electron chi connectivity index (χ3n) is 2.55. The number of carbonyl (C=O) groups is 2. The van der Waals surface area contributed by atoms with Gasteiger partial charge in [0.15, 0.2) is 0 Å². The maximum Gasteiger partial charge on any atom is 0.338 e. The fourth-order valence-corrected chi connectivity index (χ4v) is 1.67. The van der Waals surface area contributed by atoms with E-state index in [-0.39, 0.29) is 18.0 Å². The zero-order valence-corrected chi connectivity index (χ0v) is 11.1. The van der Waals surface area contributed by atoms with Crippen molar-refractivity contribution in [2.45, 2.75) is 13.3 Å². The third kappa shape index (κ3) is 4.27. The molecule has 0 aromatic heterocycles. The molecule has 0 aliphatic carbocycles. The molecule has 0 fully saturated rings. The number of amides is 1. The monoisotopic (exact) mass is 287 g/mol. The van der Waals surface area contributed by atoms with Gasteiger partial charge in [0, 0.05) is 26.2 Å². The number of benzene rings is 1. The Bertz CT molecular complexity index is 519. The number of rotatable bonds is 6. The maximum absolute atomic E-state index is 13.5. The average molecular weight is 287 g/mol. The Balaban J connectivity index is 2.84. The van der Waals surface area contributed by atoms with Gasteiger partial charge in [-0.15, -0.1) is 0 Å². The van der Waals surface area contributed by atoms with E-state index in [2.05, 4.69) is 5.32 Å². The number of anilines is 1. The molecule has 110 valence electrons. The van der Waals surface area contributed by atoms with E-state index < -0.39 is 29.1 Å². The van der Waals surface area contributed by atoms with E-state index in [1.165, 1.54) is 7.11 Å². The summed E-state index contributed by atoms with van der Waals surface area (Å²) in [6.07, 6.45) is 0.0764. The van der Waals surface area contributed by atoms with Gasteiger partial charge in [0.2, 0.25) is 5.91 Å². The van der Waals surface area contributed by atoms with Crippen molar-refractivity contribution in [1.82, 2.24) is 0 Å². The van der Waals surface area contributed by atoms with E-state index >= 15 is 0 Å². The van der Waals surface area contributed by atoms with E-state index in [1.54, 1.807) is 6.92 Å². The minimum Gasteiger partial charge on any atom is -0.478 e. The molecular weight excluding hydrogens is 272 g/mol. The number of halogens is 2. The highest BCUT2D eigenvalue weighted by Gasteiger charge is 2.17. The Hall–Kier alpha value is -2.02. The Morgan fingerprint density at radius 2 is 2.00 bits per heavy atom. The first-order valence-electron chi connectivity index (χ1n) is 5.86. The van der Waals surface area contributed by atoms with Crippen LogP contribution in [0.25, 0.3) is 0 Å². The SMILES string of the molecule is COCC(C)CC(=O)Nc1cc(C(=O)O)c(F)cc1F. The van der Waals surface area contributed by atoms with Crippen LogP contribution >= 0.6 is 0 Å². The van der Waals surface area contributed by atoms with Crippen LogP contribution in [0.4, 0.5) is 14.5 Å². The van der Waals surface area contributed by atoms with E-state index in [0.717, 1.165) is 6.07 Å². The van der Waals surface area contributed by atoms with Crippen LogP contribution in [0.2, 0.25) is 0 Å². The summed E-state index contributed by atoms with van der Waals surface area (Å²) < 4.78 is 31.5. The molecule has 0 saturated carbocycles. The van der Waals surface area contributed by atoms with Crippen molar-refractivity contribution in [3.05, 3.63) is 29.3 Å². The number of carboxylic acids is 1. The van der Waals surface area contributed by atoms with Gasteiger partial charge in [0.25, 0.3) is 0 Å². The number of hydrogen-bond donors (Lipinski definition) is 2. The summed E-state index contributed by atoms with van der Waals surface area (Å²) in [4.78, 5) is 22.4. The van der Waals surface area contributed by atoms with E-state index in [1.807, 2.05) is 0 Å². The van der Waals surface area contributed by atoms with Gasteiger partial charge in [0.05, 0.1) is 11.3 Å². The summed E-state index contributed by atoms with van der Waals surface area (Å²) in [5.41, 5.74) is -1.06. The minimum absolute atomic E-state index is 0.0764. The quantitative estimate of drug-likeness (QED) is 0.841. The van der Waals surface area contributed by atoms with Gasteiger partial charge in [-0.2, -0.15) is 0 Å². The molecule has 0 spiro atoms. The second-order valence-corrected chi connectivity index (χ2v) is 4.43. The van der Waals surface area contributed by atoms with Gasteiger partial charge in [-0.1, -0.05) is 6.92 Å². The Morgan fingerprint density at radius 1 is 1.35 bits per heavy atom. The lowest BCUT2D eigenvalue weighted by atomic mass is 10.1. The van der Waals surface area contributed by atoms with Crippen LogP contribution in [-0.2, 0) is 9.53 Å². The van der Waals surface area contributed by atoms with Crippen molar-refractivity contribution in [3.8, 4) is 0 Å². The second-order valence-electron chi connectivity index (χ2n) is 4.43. The predicted molar refractivity (Wildman–Crippen MR) is 67.6 cm³/mol. The fraction of sp³-hybridized carbons (Fsp3) is 0.385. The van der Waals surface area contributed by atoms with E-state index in [4.69, 9.17) is 9.84 Å². The van der Waals surface area contributed by atoms with Crippen molar-refractivity contribution >= 4 is 17.6 Å². The van der Waals surface area contributed by atoms with Crippen molar-refractivity contribution in [2.24, 2.45) is 5.92 Å². The van der Waals surface area contributed by atoms with Gasteiger partial charge >= 0.3 is 5.97 Å². The van der Waals surface area contributed by atoms with Crippen LogP contribution < -0.4 is 5.32 Å². The molecule has 0 bridgehead atoms. The summed E-state index contributed by atoms with van der Waals surface area (Å²) in [6, 6.07) is 1.18. The highest BCUT2D eigenvalue weighted by Crippen LogP contribution is 2.20. The highest BCUT2D eigenvalue weighted by molar-refractivity contribution is 5.94. The number of aromatic carboxylic acids is 1. The lowest BCUT2D eigenvalue weighted by Gasteiger charge is -2.11. The van der Waals surface area contributed by atoms with Crippen LogP contribution in [0.5, 0.6) is 0 Å². The zero-order chi connectivity index (χ0) is 15.3. The van der Waals surface area contributed by atoms with Gasteiger partial charge in [-0.25, -0.2) is 13.6 Å². The van der Waals surface area contributed by atoms with Gasteiger partial charge in [0.1, 0.15) is 11.6 Å². The molecule has 1 amide bonds. The predicted octanol–water partition coefficient (Wildman–Crippen LogP) is 2.27. The number of carboxylic acid groups (broad SMARTS) is 1. The molecule has 5 nitrogen and oxygen atoms in total. The summed E-state index contributed by atoms with van der Waals surface area (Å²) >= 11 is 0. The first-order chi connectivity index (χ1) is 9.35. The molecule has 0 aliphatic heterocycles. The first kappa shape index (κ1) is 16.0. The number of methoxy groups -OCH3 is 1. The smallest absolute Gasteiger partial charge is 0.338 e. The zero-order valence-electron chi connectivity index (χ0n) is 11.1. The van der Waals surface area contributed by atoms with Crippen LogP contribution in [0.3, 0.4) is 0 Å². The second kappa shape index (κ2) is 6.95. The lowest BCUT2D eigenvalue weighted by molar-refractivity contribution is -0.117. The average Bonchev–Trinajstić information content (AvgIpc) is 2.32. The van der Waals surface area contributed by atoms with Gasteiger partial charge in [-0.05, 0) is 12.0 Å². The summed E-state index contributed by atoms with van der Waals surface area (Å²) in [5, 5.41) is 11.0. The summed E-state index contributed by atoms with van der Waals surface area (Å²) in [6.45, 7) is 2.13. The van der Waals surface area contributed by atoms with E-state index in [0.29, 0.717) is 12.7 Å². The largest absolute Gasteiger partial charge is 0.478 e. The molecule has 0 aliphatic rings. The molecule has 20 heavy (non-hydrogen) atoms. The Morgan fingerprint density at radius 3 is 2.55 bits per heavy atom. The minimum atomic E-state index is -1.54. The topological polar surface area (TPSA) is 75.6 Å². The van der Waals surface area contributed by atoms with Crippen LogP contribution in [-0.4, -0.2) is 30.7 Å². The molecular formula is C13H15F2NO4. The van der Waals surface area contributed by atoms with Crippen molar-refractivity contribution in [3.63, 3.8) is 0 Å². The standard InChI is InChI=1S/C13H15F2NO4/c1-7(6-20-2)3-12(17)16-11-4-8(13(18)19)9(14)5-10(11)15/h4-5,7H,3,6H2,1-2H3,(H,16,17)(H,18,19). The molecule has 2 N–H and O–H groups in total. The highest BCUT2D eigenvalue weighted by atomic mass is 19.1. The molecule has 1 rings (SSSR count). The van der Waals surface area contributed by atoms with Gasteiger partial charge in [-0.3, -0.25) is 4.79 Å². The van der Waals surface area contributed by atoms with E-state index in [9.17, 15) is 18.4 Å². The van der Waals surface area contributed by atoms with Crippen molar-refractivity contribution in [2.75, 3.05) is 19.0 Å². The van der Waals surface area contributed by atoms with Crippen LogP contribution in [0, 0.1) is 17.6 Å². The third-order valence-corrected chi connectivity index (χ3v) is 2.55. The number of nitrogens with one attached hydrogen (secondary N) is 1. The molecule has 1 atom stereocenters.